The monoisotopic (exact) mass is 286 g/mol. The van der Waals surface area contributed by atoms with E-state index in [4.69, 9.17) is 0 Å². The van der Waals surface area contributed by atoms with Gasteiger partial charge in [0.25, 0.3) is 0 Å². The molecule has 2 heteroatoms. The van der Waals surface area contributed by atoms with Gasteiger partial charge in [-0.3, -0.25) is 0 Å². The van der Waals surface area contributed by atoms with Crippen molar-refractivity contribution < 1.29 is 0 Å². The first-order valence-corrected chi connectivity index (χ1v) is 11.9. The van der Waals surface area contributed by atoms with Gasteiger partial charge in [-0.05, 0) is 74.5 Å². The van der Waals surface area contributed by atoms with Crippen LogP contribution in [0.3, 0.4) is 0 Å². The molecule has 2 heterocycles. The Hall–Kier alpha value is 0.860. The smallest absolute Gasteiger partial charge is 0.0141 e. The Bertz CT molecular complexity index is 205. The molecule has 0 aliphatic carbocycles. The third-order valence-electron chi connectivity index (χ3n) is 4.87. The minimum absolute atomic E-state index is 0.449. The third kappa shape index (κ3) is 3.93. The van der Waals surface area contributed by atoms with Crippen LogP contribution in [-0.4, -0.2) is 36.0 Å². The van der Waals surface area contributed by atoms with E-state index in [0.29, 0.717) is 15.8 Å². The van der Waals surface area contributed by atoms with Crippen molar-refractivity contribution in [2.24, 2.45) is 0 Å². The minimum Gasteiger partial charge on any atom is -0.103 e. The number of unbranched alkanes of at least 4 members (excludes halogenated alkanes) is 2. The fourth-order valence-electron chi connectivity index (χ4n) is 3.85. The normalized spacial score (nSPS) is 36.3. The minimum atomic E-state index is 0.449. The first-order chi connectivity index (χ1) is 8.86. The SMILES string of the molecule is CCCC[P@]1CCC[C@@H]1[C@H]1CCC[P@@]1CCCC. The first-order valence-electron chi connectivity index (χ1n) is 8.35. The topological polar surface area (TPSA) is 0 Å². The highest BCUT2D eigenvalue weighted by atomic mass is 31.1. The molecule has 0 radical (unpaired) electrons. The van der Waals surface area contributed by atoms with Gasteiger partial charge in [0.15, 0.2) is 0 Å². The molecule has 0 N–H and O–H groups in total. The maximum absolute atomic E-state index is 2.37. The molecule has 0 aromatic heterocycles. The molecule has 2 rings (SSSR count). The van der Waals surface area contributed by atoms with Crippen molar-refractivity contribution in [3.05, 3.63) is 0 Å². The highest BCUT2D eigenvalue weighted by molar-refractivity contribution is 7.63. The highest BCUT2D eigenvalue weighted by Gasteiger charge is 2.38. The van der Waals surface area contributed by atoms with Gasteiger partial charge in [0.05, 0.1) is 0 Å². The molecule has 4 atom stereocenters. The van der Waals surface area contributed by atoms with Gasteiger partial charge in [0.1, 0.15) is 0 Å². The summed E-state index contributed by atoms with van der Waals surface area (Å²) in [5.74, 6) is 0. The largest absolute Gasteiger partial charge is 0.103 e. The fraction of sp³-hybridized carbons (Fsp3) is 1.00. The van der Waals surface area contributed by atoms with Gasteiger partial charge >= 0.3 is 0 Å². The number of hydrogen-bond donors (Lipinski definition) is 0. The van der Waals surface area contributed by atoms with Crippen LogP contribution < -0.4 is 0 Å². The van der Waals surface area contributed by atoms with Crippen molar-refractivity contribution in [3.63, 3.8) is 0 Å². The zero-order valence-corrected chi connectivity index (χ0v) is 14.3. The summed E-state index contributed by atoms with van der Waals surface area (Å²) in [4.78, 5) is 0. The van der Waals surface area contributed by atoms with Crippen LogP contribution in [0.1, 0.15) is 65.2 Å². The Labute approximate surface area is 117 Å². The van der Waals surface area contributed by atoms with Crippen molar-refractivity contribution >= 4 is 15.8 Å². The summed E-state index contributed by atoms with van der Waals surface area (Å²) in [5.41, 5.74) is 2.44. The third-order valence-corrected chi connectivity index (χ3v) is 11.8. The van der Waals surface area contributed by atoms with E-state index in [1.54, 1.807) is 50.3 Å². The van der Waals surface area contributed by atoms with Crippen LogP contribution in [0.5, 0.6) is 0 Å². The molecule has 2 saturated heterocycles. The summed E-state index contributed by atoms with van der Waals surface area (Å²) in [5, 5.41) is 0. The Kier molecular flexibility index (Phi) is 6.96. The van der Waals surface area contributed by atoms with Gasteiger partial charge < -0.3 is 0 Å². The molecule has 106 valence electrons. The second kappa shape index (κ2) is 8.21. The van der Waals surface area contributed by atoms with E-state index in [0.717, 1.165) is 0 Å². The molecule has 18 heavy (non-hydrogen) atoms. The number of hydrogen-bond acceptors (Lipinski definition) is 0. The quantitative estimate of drug-likeness (QED) is 0.513. The summed E-state index contributed by atoms with van der Waals surface area (Å²) in [6.07, 6.45) is 18.7. The lowest BCUT2D eigenvalue weighted by Gasteiger charge is -2.31. The molecule has 2 fully saturated rings. The summed E-state index contributed by atoms with van der Waals surface area (Å²) < 4.78 is 0. The maximum Gasteiger partial charge on any atom is -0.0141 e. The van der Waals surface area contributed by atoms with Crippen molar-refractivity contribution in [2.45, 2.75) is 76.5 Å². The van der Waals surface area contributed by atoms with E-state index in [2.05, 4.69) is 13.8 Å². The van der Waals surface area contributed by atoms with Gasteiger partial charge in [-0.2, -0.15) is 0 Å². The molecule has 0 nitrogen and oxygen atoms in total. The molecular weight excluding hydrogens is 254 g/mol. The Morgan fingerprint density at radius 1 is 0.778 bits per heavy atom. The molecule has 2 aliphatic rings. The Balaban J connectivity index is 1.87. The van der Waals surface area contributed by atoms with Crippen LogP contribution in [0.2, 0.25) is 0 Å². The molecule has 0 aromatic carbocycles. The average molecular weight is 286 g/mol. The van der Waals surface area contributed by atoms with E-state index >= 15 is 0 Å². The predicted molar refractivity (Wildman–Crippen MR) is 89.2 cm³/mol. The van der Waals surface area contributed by atoms with Gasteiger partial charge in [0, 0.05) is 0 Å². The maximum atomic E-state index is 2.37. The van der Waals surface area contributed by atoms with Crippen LogP contribution in [0.4, 0.5) is 0 Å². The second-order valence-electron chi connectivity index (χ2n) is 6.20. The fourth-order valence-corrected chi connectivity index (χ4v) is 11.7. The highest BCUT2D eigenvalue weighted by Crippen LogP contribution is 2.62. The van der Waals surface area contributed by atoms with Gasteiger partial charge in [0.2, 0.25) is 0 Å². The Morgan fingerprint density at radius 3 is 1.61 bits per heavy atom. The average Bonchev–Trinajstić information content (AvgIpc) is 3.01. The van der Waals surface area contributed by atoms with Crippen molar-refractivity contribution in [2.75, 3.05) is 24.6 Å². The molecule has 0 bridgehead atoms. The second-order valence-corrected chi connectivity index (χ2v) is 11.7. The zero-order chi connectivity index (χ0) is 12.8. The van der Waals surface area contributed by atoms with E-state index in [1.807, 2.05) is 0 Å². The Morgan fingerprint density at radius 2 is 1.22 bits per heavy atom. The molecule has 0 spiro atoms. The molecule has 0 amide bonds. The summed E-state index contributed by atoms with van der Waals surface area (Å²) in [6, 6.07) is 0. The van der Waals surface area contributed by atoms with Crippen molar-refractivity contribution in [3.8, 4) is 0 Å². The van der Waals surface area contributed by atoms with E-state index in [1.165, 1.54) is 37.0 Å². The first kappa shape index (κ1) is 15.3. The van der Waals surface area contributed by atoms with Crippen LogP contribution >= 0.6 is 15.8 Å². The lowest BCUT2D eigenvalue weighted by Crippen LogP contribution is -2.19. The molecule has 0 aromatic rings. The molecule has 0 unspecified atom stereocenters. The lowest BCUT2D eigenvalue weighted by molar-refractivity contribution is 0.692. The summed E-state index contributed by atoms with van der Waals surface area (Å²) in [6.45, 7) is 4.73. The van der Waals surface area contributed by atoms with E-state index in [9.17, 15) is 0 Å². The van der Waals surface area contributed by atoms with Crippen LogP contribution in [-0.2, 0) is 0 Å². The van der Waals surface area contributed by atoms with Crippen LogP contribution in [0.25, 0.3) is 0 Å². The standard InChI is InChI=1S/C16H32P2/c1-3-5-11-17-13-7-9-15(17)16-10-8-14-18(16)12-6-4-2/h15-16H,3-14H2,1-2H3/t15-,16-,17-,18-/m1/s1. The molecule has 2 aliphatic heterocycles. The van der Waals surface area contributed by atoms with Gasteiger partial charge in [-0.25, -0.2) is 0 Å². The zero-order valence-electron chi connectivity index (χ0n) is 12.5. The van der Waals surface area contributed by atoms with E-state index < -0.39 is 0 Å². The summed E-state index contributed by atoms with van der Waals surface area (Å²) in [7, 11) is 0.898. The van der Waals surface area contributed by atoms with Crippen molar-refractivity contribution in [1.82, 2.24) is 0 Å². The van der Waals surface area contributed by atoms with Crippen LogP contribution in [0, 0.1) is 0 Å². The van der Waals surface area contributed by atoms with Crippen LogP contribution in [0.15, 0.2) is 0 Å². The number of rotatable bonds is 7. The van der Waals surface area contributed by atoms with E-state index in [-0.39, 0.29) is 0 Å². The van der Waals surface area contributed by atoms with Gasteiger partial charge in [-0.1, -0.05) is 26.7 Å². The van der Waals surface area contributed by atoms with Gasteiger partial charge in [-0.15, -0.1) is 15.8 Å². The molecular formula is C16H32P2. The molecule has 0 saturated carbocycles. The summed E-state index contributed by atoms with van der Waals surface area (Å²) >= 11 is 0. The predicted octanol–water partition coefficient (Wildman–Crippen LogP) is 5.88. The van der Waals surface area contributed by atoms with Crippen molar-refractivity contribution in [1.29, 1.82) is 0 Å². The lowest BCUT2D eigenvalue weighted by atomic mass is 10.1.